The van der Waals surface area contributed by atoms with Crippen LogP contribution in [0.25, 0.3) is 0 Å². The molecule has 0 atom stereocenters. The molecule has 15 heavy (non-hydrogen) atoms. The molecule has 0 saturated carbocycles. The van der Waals surface area contributed by atoms with Crippen molar-refractivity contribution in [1.29, 1.82) is 0 Å². The molecule has 0 aliphatic rings. The van der Waals surface area contributed by atoms with Gasteiger partial charge in [0.1, 0.15) is 0 Å². The summed E-state index contributed by atoms with van der Waals surface area (Å²) < 4.78 is 0. The van der Waals surface area contributed by atoms with E-state index in [0.29, 0.717) is 0 Å². The van der Waals surface area contributed by atoms with Crippen molar-refractivity contribution >= 4 is 33.7 Å². The number of hydrogen-bond donors (Lipinski definition) is 0. The first-order valence-electron chi connectivity index (χ1n) is 4.47. The van der Waals surface area contributed by atoms with Gasteiger partial charge in [-0.15, -0.1) is 0 Å². The van der Waals surface area contributed by atoms with Crippen LogP contribution < -0.4 is 0 Å². The van der Waals surface area contributed by atoms with E-state index in [4.69, 9.17) is 23.2 Å². The lowest BCUT2D eigenvalue weighted by Gasteiger charge is -2.08. The summed E-state index contributed by atoms with van der Waals surface area (Å²) in [6.45, 7) is 3.97. The topological polar surface area (TPSA) is 34.1 Å². The van der Waals surface area contributed by atoms with Crippen molar-refractivity contribution in [2.24, 2.45) is 0 Å². The fourth-order valence-electron chi connectivity index (χ4n) is 1.25. The lowest BCUT2D eigenvalue weighted by atomic mass is 9.98. The standard InChI is InChI=1S/C11H10Cl2O2/c1-6(2)7-3-4-8(10(12)14)9(5-7)11(13)15/h3-6H,1-2H3. The van der Waals surface area contributed by atoms with Gasteiger partial charge in [0.25, 0.3) is 10.5 Å². The smallest absolute Gasteiger partial charge is 0.253 e. The summed E-state index contributed by atoms with van der Waals surface area (Å²) in [5.41, 5.74) is 1.27. The van der Waals surface area contributed by atoms with E-state index in [-0.39, 0.29) is 17.0 Å². The predicted octanol–water partition coefficient (Wildman–Crippen LogP) is 3.57. The molecule has 0 amide bonds. The van der Waals surface area contributed by atoms with Crippen molar-refractivity contribution < 1.29 is 9.59 Å². The maximum Gasteiger partial charge on any atom is 0.253 e. The van der Waals surface area contributed by atoms with Gasteiger partial charge in [-0.05, 0) is 46.8 Å². The summed E-state index contributed by atoms with van der Waals surface area (Å²) in [6, 6.07) is 4.90. The monoisotopic (exact) mass is 244 g/mol. The average molecular weight is 245 g/mol. The van der Waals surface area contributed by atoms with Crippen LogP contribution in [-0.4, -0.2) is 10.5 Å². The Labute approximate surface area is 98.2 Å². The lowest BCUT2D eigenvalue weighted by Crippen LogP contribution is -2.02. The third-order valence-corrected chi connectivity index (χ3v) is 2.54. The molecule has 0 heterocycles. The van der Waals surface area contributed by atoms with E-state index >= 15 is 0 Å². The molecule has 1 rings (SSSR count). The van der Waals surface area contributed by atoms with Gasteiger partial charge < -0.3 is 0 Å². The van der Waals surface area contributed by atoms with Gasteiger partial charge in [-0.1, -0.05) is 19.9 Å². The molecule has 0 aliphatic carbocycles. The summed E-state index contributed by atoms with van der Waals surface area (Å²) in [5, 5.41) is -1.34. The Hall–Kier alpha value is -0.860. The zero-order valence-corrected chi connectivity index (χ0v) is 9.89. The van der Waals surface area contributed by atoms with Crippen LogP contribution >= 0.6 is 23.2 Å². The van der Waals surface area contributed by atoms with Gasteiger partial charge in [0.15, 0.2) is 0 Å². The molecule has 80 valence electrons. The minimum Gasteiger partial charge on any atom is -0.276 e. The normalized spacial score (nSPS) is 10.5. The van der Waals surface area contributed by atoms with Gasteiger partial charge in [-0.25, -0.2) is 0 Å². The maximum absolute atomic E-state index is 11.1. The molecular formula is C11H10Cl2O2. The summed E-state index contributed by atoms with van der Waals surface area (Å²) in [4.78, 5) is 22.1. The number of carbonyl (C=O) groups is 2. The Morgan fingerprint density at radius 1 is 1.07 bits per heavy atom. The molecule has 0 bridgehead atoms. The third-order valence-electron chi connectivity index (χ3n) is 2.13. The molecule has 1 aromatic carbocycles. The van der Waals surface area contributed by atoms with Crippen LogP contribution in [0.3, 0.4) is 0 Å². The van der Waals surface area contributed by atoms with Crippen molar-refractivity contribution in [2.45, 2.75) is 19.8 Å². The van der Waals surface area contributed by atoms with Crippen LogP contribution in [0.1, 0.15) is 46.0 Å². The van der Waals surface area contributed by atoms with Gasteiger partial charge >= 0.3 is 0 Å². The van der Waals surface area contributed by atoms with Crippen LogP contribution in [0.15, 0.2) is 18.2 Å². The molecule has 0 unspecified atom stereocenters. The zero-order chi connectivity index (χ0) is 11.6. The van der Waals surface area contributed by atoms with Gasteiger partial charge in [-0.3, -0.25) is 9.59 Å². The van der Waals surface area contributed by atoms with Crippen molar-refractivity contribution in [3.05, 3.63) is 34.9 Å². The molecular weight excluding hydrogens is 235 g/mol. The average Bonchev–Trinajstić information content (AvgIpc) is 2.16. The molecule has 0 aromatic heterocycles. The van der Waals surface area contributed by atoms with E-state index in [9.17, 15) is 9.59 Å². The fourth-order valence-corrected chi connectivity index (χ4v) is 1.58. The Bertz CT molecular complexity index is 411. The van der Waals surface area contributed by atoms with Crippen molar-refractivity contribution in [3.8, 4) is 0 Å². The zero-order valence-electron chi connectivity index (χ0n) is 8.38. The summed E-state index contributed by atoms with van der Waals surface area (Å²) in [7, 11) is 0. The SMILES string of the molecule is CC(C)c1ccc(C(=O)Cl)c(C(=O)Cl)c1. The van der Waals surface area contributed by atoms with Crippen LogP contribution in [-0.2, 0) is 0 Å². The summed E-state index contributed by atoms with van der Waals surface area (Å²) in [6.07, 6.45) is 0. The van der Waals surface area contributed by atoms with E-state index in [1.165, 1.54) is 6.07 Å². The van der Waals surface area contributed by atoms with Gasteiger partial charge in [-0.2, -0.15) is 0 Å². The lowest BCUT2D eigenvalue weighted by molar-refractivity contribution is 0.105. The maximum atomic E-state index is 11.1. The Balaban J connectivity index is 3.33. The van der Waals surface area contributed by atoms with Crippen LogP contribution in [0.5, 0.6) is 0 Å². The molecule has 1 aromatic rings. The highest BCUT2D eigenvalue weighted by molar-refractivity contribution is 6.71. The van der Waals surface area contributed by atoms with Crippen LogP contribution in [0.4, 0.5) is 0 Å². The number of carbonyl (C=O) groups excluding carboxylic acids is 2. The number of hydrogen-bond acceptors (Lipinski definition) is 2. The Morgan fingerprint density at radius 2 is 1.60 bits per heavy atom. The van der Waals surface area contributed by atoms with Crippen molar-refractivity contribution in [2.75, 3.05) is 0 Å². The second-order valence-corrected chi connectivity index (χ2v) is 4.19. The van der Waals surface area contributed by atoms with Crippen molar-refractivity contribution in [1.82, 2.24) is 0 Å². The van der Waals surface area contributed by atoms with Crippen LogP contribution in [0, 0.1) is 0 Å². The number of halogens is 2. The molecule has 0 spiro atoms. The van der Waals surface area contributed by atoms with Crippen LogP contribution in [0.2, 0.25) is 0 Å². The van der Waals surface area contributed by atoms with E-state index < -0.39 is 10.5 Å². The van der Waals surface area contributed by atoms with E-state index in [2.05, 4.69) is 0 Å². The van der Waals surface area contributed by atoms with E-state index in [1.54, 1.807) is 12.1 Å². The second-order valence-electron chi connectivity index (χ2n) is 3.51. The second kappa shape index (κ2) is 4.77. The molecule has 0 saturated heterocycles. The third kappa shape index (κ3) is 2.80. The van der Waals surface area contributed by atoms with Crippen molar-refractivity contribution in [3.63, 3.8) is 0 Å². The summed E-state index contributed by atoms with van der Waals surface area (Å²) >= 11 is 10.7. The van der Waals surface area contributed by atoms with Gasteiger partial charge in [0, 0.05) is 11.1 Å². The molecule has 0 fully saturated rings. The molecule has 4 heteroatoms. The number of benzene rings is 1. The molecule has 0 N–H and O–H groups in total. The highest BCUT2D eigenvalue weighted by atomic mass is 35.5. The minimum absolute atomic E-state index is 0.154. The first-order valence-corrected chi connectivity index (χ1v) is 5.22. The first kappa shape index (κ1) is 12.2. The largest absolute Gasteiger partial charge is 0.276 e. The van der Waals surface area contributed by atoms with E-state index in [0.717, 1.165) is 5.56 Å². The predicted molar refractivity (Wildman–Crippen MR) is 60.9 cm³/mol. The highest BCUT2D eigenvalue weighted by Crippen LogP contribution is 2.21. The minimum atomic E-state index is -0.672. The fraction of sp³-hybridized carbons (Fsp3) is 0.273. The highest BCUT2D eigenvalue weighted by Gasteiger charge is 2.15. The molecule has 2 nitrogen and oxygen atoms in total. The number of rotatable bonds is 3. The molecule has 0 radical (unpaired) electrons. The van der Waals surface area contributed by atoms with E-state index in [1.807, 2.05) is 13.8 Å². The summed E-state index contributed by atoms with van der Waals surface area (Å²) in [5.74, 6) is 0.263. The molecule has 0 aliphatic heterocycles. The van der Waals surface area contributed by atoms with Gasteiger partial charge in [0.05, 0.1) is 0 Å². The Morgan fingerprint density at radius 3 is 2.00 bits per heavy atom. The first-order chi connectivity index (χ1) is 6.93. The quantitative estimate of drug-likeness (QED) is 0.763. The van der Waals surface area contributed by atoms with Gasteiger partial charge in [0.2, 0.25) is 0 Å². The Kier molecular flexibility index (Phi) is 3.89.